The number of hydrogen-bond donors (Lipinski definition) is 1. The lowest BCUT2D eigenvalue weighted by Gasteiger charge is -2.04. The van der Waals surface area contributed by atoms with E-state index in [1.807, 2.05) is 0 Å². The number of rotatable bonds is 5. The Morgan fingerprint density at radius 3 is 2.62 bits per heavy atom. The molecular formula is C10H15NO3S2. The molecule has 0 aliphatic rings. The van der Waals surface area contributed by atoms with Gasteiger partial charge in [0.15, 0.2) is 0 Å². The summed E-state index contributed by atoms with van der Waals surface area (Å²) in [6.45, 7) is 1.67. The van der Waals surface area contributed by atoms with Crippen molar-refractivity contribution in [2.24, 2.45) is 0 Å². The fraction of sp³-hybridized carbons (Fsp3) is 0.500. The predicted molar refractivity (Wildman–Crippen MR) is 65.3 cm³/mol. The minimum absolute atomic E-state index is 0.150. The lowest BCUT2D eigenvalue weighted by molar-refractivity contribution is 0.198. The van der Waals surface area contributed by atoms with Gasteiger partial charge in [-0.25, -0.2) is 13.4 Å². The van der Waals surface area contributed by atoms with E-state index in [1.54, 1.807) is 25.3 Å². The average Bonchev–Trinajstić information content (AvgIpc) is 2.16. The highest BCUT2D eigenvalue weighted by molar-refractivity contribution is 8.00. The first-order valence-corrected chi connectivity index (χ1v) is 7.87. The first-order chi connectivity index (χ1) is 7.38. The van der Waals surface area contributed by atoms with Gasteiger partial charge in [-0.1, -0.05) is 6.07 Å². The summed E-state index contributed by atoms with van der Waals surface area (Å²) in [4.78, 5) is 4.13. The SMILES string of the molecule is C[C@H](O)c1ccc(SCCS(C)(=O)=O)nc1. The van der Waals surface area contributed by atoms with Gasteiger partial charge in [-0.05, 0) is 18.6 Å². The molecule has 0 spiro atoms. The summed E-state index contributed by atoms with van der Waals surface area (Å²) in [5.41, 5.74) is 0.757. The summed E-state index contributed by atoms with van der Waals surface area (Å²) in [7, 11) is -2.90. The van der Waals surface area contributed by atoms with Gasteiger partial charge in [-0.3, -0.25) is 0 Å². The number of sulfone groups is 1. The van der Waals surface area contributed by atoms with E-state index in [0.29, 0.717) is 5.75 Å². The highest BCUT2D eigenvalue weighted by Crippen LogP contribution is 2.18. The van der Waals surface area contributed by atoms with Crippen molar-refractivity contribution in [1.82, 2.24) is 4.98 Å². The molecule has 1 heterocycles. The van der Waals surface area contributed by atoms with Crippen LogP contribution in [0, 0.1) is 0 Å². The number of pyridine rings is 1. The van der Waals surface area contributed by atoms with Crippen molar-refractivity contribution < 1.29 is 13.5 Å². The van der Waals surface area contributed by atoms with Crippen LogP contribution in [0.25, 0.3) is 0 Å². The van der Waals surface area contributed by atoms with Crippen molar-refractivity contribution in [3.63, 3.8) is 0 Å². The number of nitrogens with zero attached hydrogens (tertiary/aromatic N) is 1. The Balaban J connectivity index is 2.50. The Bertz CT molecular complexity index is 426. The predicted octanol–water partition coefficient (Wildman–Crippen LogP) is 1.27. The van der Waals surface area contributed by atoms with Gasteiger partial charge >= 0.3 is 0 Å². The number of hydrogen-bond acceptors (Lipinski definition) is 5. The first kappa shape index (κ1) is 13.5. The van der Waals surface area contributed by atoms with Crippen LogP contribution in [0.2, 0.25) is 0 Å². The molecule has 0 unspecified atom stereocenters. The Morgan fingerprint density at radius 2 is 2.19 bits per heavy atom. The van der Waals surface area contributed by atoms with Crippen molar-refractivity contribution in [2.45, 2.75) is 18.1 Å². The summed E-state index contributed by atoms with van der Waals surface area (Å²) < 4.78 is 21.8. The number of aliphatic hydroxyl groups is 1. The fourth-order valence-electron chi connectivity index (χ4n) is 1.02. The molecule has 0 fully saturated rings. The maximum atomic E-state index is 10.9. The van der Waals surface area contributed by atoms with Crippen LogP contribution in [0.4, 0.5) is 0 Å². The van der Waals surface area contributed by atoms with Gasteiger partial charge in [0.1, 0.15) is 9.84 Å². The Hall–Kier alpha value is -0.590. The molecule has 90 valence electrons. The summed E-state index contributed by atoms with van der Waals surface area (Å²) >= 11 is 1.40. The largest absolute Gasteiger partial charge is 0.389 e. The monoisotopic (exact) mass is 261 g/mol. The van der Waals surface area contributed by atoms with Gasteiger partial charge in [0.2, 0.25) is 0 Å². The van der Waals surface area contributed by atoms with E-state index in [4.69, 9.17) is 0 Å². The van der Waals surface area contributed by atoms with Crippen LogP contribution in [0.5, 0.6) is 0 Å². The topological polar surface area (TPSA) is 67.3 Å². The third-order valence-corrected chi connectivity index (χ3v) is 4.10. The van der Waals surface area contributed by atoms with Gasteiger partial charge in [0, 0.05) is 18.2 Å². The maximum absolute atomic E-state index is 10.9. The minimum Gasteiger partial charge on any atom is -0.389 e. The van der Waals surface area contributed by atoms with Gasteiger partial charge in [0.05, 0.1) is 16.9 Å². The second kappa shape index (κ2) is 5.65. The Labute approximate surface area is 100 Å². The molecule has 1 aromatic rings. The summed E-state index contributed by atoms with van der Waals surface area (Å²) in [6, 6.07) is 3.58. The average molecular weight is 261 g/mol. The van der Waals surface area contributed by atoms with Crippen LogP contribution in [-0.2, 0) is 9.84 Å². The molecule has 6 heteroatoms. The molecule has 0 aromatic carbocycles. The van der Waals surface area contributed by atoms with Crippen LogP contribution in [0.1, 0.15) is 18.6 Å². The van der Waals surface area contributed by atoms with E-state index < -0.39 is 15.9 Å². The lowest BCUT2D eigenvalue weighted by Crippen LogP contribution is -2.05. The van der Waals surface area contributed by atoms with E-state index in [-0.39, 0.29) is 5.75 Å². The number of aliphatic hydroxyl groups excluding tert-OH is 1. The molecule has 0 amide bonds. The van der Waals surface area contributed by atoms with Gasteiger partial charge in [-0.2, -0.15) is 0 Å². The quantitative estimate of drug-likeness (QED) is 0.809. The van der Waals surface area contributed by atoms with Crippen LogP contribution in [0.15, 0.2) is 23.4 Å². The van der Waals surface area contributed by atoms with Crippen molar-refractivity contribution in [3.05, 3.63) is 23.9 Å². The minimum atomic E-state index is -2.90. The van der Waals surface area contributed by atoms with E-state index >= 15 is 0 Å². The number of thioether (sulfide) groups is 1. The van der Waals surface area contributed by atoms with E-state index in [1.165, 1.54) is 18.0 Å². The Morgan fingerprint density at radius 1 is 1.50 bits per heavy atom. The second-order valence-corrected chi connectivity index (χ2v) is 6.96. The fourth-order valence-corrected chi connectivity index (χ4v) is 3.07. The first-order valence-electron chi connectivity index (χ1n) is 4.83. The van der Waals surface area contributed by atoms with Crippen LogP contribution >= 0.6 is 11.8 Å². The molecule has 0 saturated carbocycles. The highest BCUT2D eigenvalue weighted by atomic mass is 32.2. The van der Waals surface area contributed by atoms with Gasteiger partial charge < -0.3 is 5.11 Å². The molecule has 4 nitrogen and oxygen atoms in total. The van der Waals surface area contributed by atoms with Gasteiger partial charge in [-0.15, -0.1) is 11.8 Å². The molecule has 0 aliphatic heterocycles. The zero-order valence-electron chi connectivity index (χ0n) is 9.25. The van der Waals surface area contributed by atoms with Crippen molar-refractivity contribution >= 4 is 21.6 Å². The third-order valence-electron chi connectivity index (χ3n) is 1.95. The van der Waals surface area contributed by atoms with E-state index in [9.17, 15) is 13.5 Å². The smallest absolute Gasteiger partial charge is 0.148 e. The zero-order chi connectivity index (χ0) is 12.2. The molecule has 1 rings (SSSR count). The second-order valence-electron chi connectivity index (χ2n) is 3.58. The molecule has 1 N–H and O–H groups in total. The third kappa shape index (κ3) is 4.96. The molecule has 0 aliphatic carbocycles. The van der Waals surface area contributed by atoms with Crippen molar-refractivity contribution in [3.8, 4) is 0 Å². The molecule has 0 bridgehead atoms. The summed E-state index contributed by atoms with van der Waals surface area (Å²) in [6.07, 6.45) is 2.30. The molecule has 0 radical (unpaired) electrons. The highest BCUT2D eigenvalue weighted by Gasteiger charge is 2.04. The van der Waals surface area contributed by atoms with Crippen LogP contribution < -0.4 is 0 Å². The molecular weight excluding hydrogens is 246 g/mol. The van der Waals surface area contributed by atoms with Crippen molar-refractivity contribution in [1.29, 1.82) is 0 Å². The standard InChI is InChI=1S/C10H15NO3S2/c1-8(12)9-3-4-10(11-7-9)15-5-6-16(2,13)14/h3-4,7-8,12H,5-6H2,1-2H3/t8-/m0/s1. The van der Waals surface area contributed by atoms with E-state index in [2.05, 4.69) is 4.98 Å². The lowest BCUT2D eigenvalue weighted by atomic mass is 10.2. The Kier molecular flexibility index (Phi) is 4.76. The normalized spacial score (nSPS) is 13.7. The van der Waals surface area contributed by atoms with Crippen LogP contribution in [0.3, 0.4) is 0 Å². The van der Waals surface area contributed by atoms with Crippen molar-refractivity contribution in [2.75, 3.05) is 17.8 Å². The van der Waals surface area contributed by atoms with Crippen LogP contribution in [-0.4, -0.2) is 36.3 Å². The number of aromatic nitrogens is 1. The zero-order valence-corrected chi connectivity index (χ0v) is 10.9. The van der Waals surface area contributed by atoms with E-state index in [0.717, 1.165) is 10.6 Å². The molecule has 1 aromatic heterocycles. The molecule has 1 atom stereocenters. The summed E-state index contributed by atoms with van der Waals surface area (Å²) in [5.74, 6) is 0.650. The molecule has 16 heavy (non-hydrogen) atoms. The maximum Gasteiger partial charge on any atom is 0.148 e. The molecule has 0 saturated heterocycles. The van der Waals surface area contributed by atoms with Gasteiger partial charge in [0.25, 0.3) is 0 Å². The summed E-state index contributed by atoms with van der Waals surface area (Å²) in [5, 5.41) is 10.0.